The van der Waals surface area contributed by atoms with Crippen molar-refractivity contribution in [2.45, 2.75) is 11.8 Å². The van der Waals surface area contributed by atoms with Crippen molar-refractivity contribution < 1.29 is 0 Å². The van der Waals surface area contributed by atoms with Crippen LogP contribution in [0.25, 0.3) is 11.4 Å². The largest absolute Gasteiger partial charge is 0.215 e. The van der Waals surface area contributed by atoms with Crippen molar-refractivity contribution >= 4 is 34.8 Å². The first-order valence-corrected chi connectivity index (χ1v) is 6.29. The van der Waals surface area contributed by atoms with Crippen molar-refractivity contribution in [2.24, 2.45) is 0 Å². The first-order chi connectivity index (χ1) is 8.22. The van der Waals surface area contributed by atoms with Gasteiger partial charge in [0.1, 0.15) is 11.6 Å². The zero-order valence-corrected chi connectivity index (χ0v) is 11.0. The van der Waals surface area contributed by atoms with Crippen molar-refractivity contribution in [3.8, 4) is 11.4 Å². The molecule has 0 amide bonds. The maximum Gasteiger partial charge on any atom is 0.163 e. The van der Waals surface area contributed by atoms with E-state index in [2.05, 4.69) is 15.0 Å². The molecule has 0 atom stereocenters. The molecule has 1 heterocycles. The van der Waals surface area contributed by atoms with Gasteiger partial charge in [-0.3, -0.25) is 0 Å². The van der Waals surface area contributed by atoms with Gasteiger partial charge in [0.2, 0.25) is 0 Å². The average Bonchev–Trinajstić information content (AvgIpc) is 2.39. The van der Waals surface area contributed by atoms with Crippen LogP contribution in [0.15, 0.2) is 24.3 Å². The second kappa shape index (κ2) is 5.63. The summed E-state index contributed by atoms with van der Waals surface area (Å²) >= 11 is 17.3. The van der Waals surface area contributed by atoms with E-state index in [0.717, 1.165) is 5.56 Å². The van der Waals surface area contributed by atoms with E-state index in [4.69, 9.17) is 34.8 Å². The van der Waals surface area contributed by atoms with Crippen molar-refractivity contribution in [1.82, 2.24) is 15.0 Å². The Labute approximate surface area is 114 Å². The van der Waals surface area contributed by atoms with Gasteiger partial charge in [0.05, 0.1) is 11.8 Å². The Hall–Kier alpha value is -0.900. The van der Waals surface area contributed by atoms with Crippen molar-refractivity contribution in [1.29, 1.82) is 0 Å². The van der Waals surface area contributed by atoms with Crippen LogP contribution in [0.4, 0.5) is 0 Å². The molecule has 0 aliphatic heterocycles. The predicted molar refractivity (Wildman–Crippen MR) is 69.4 cm³/mol. The zero-order valence-electron chi connectivity index (χ0n) is 8.70. The Morgan fingerprint density at radius 3 is 1.82 bits per heavy atom. The fraction of sp³-hybridized carbons (Fsp3) is 0.182. The third kappa shape index (κ3) is 3.06. The number of alkyl halides is 2. The average molecular weight is 289 g/mol. The first kappa shape index (κ1) is 12.6. The van der Waals surface area contributed by atoms with Gasteiger partial charge in [-0.25, -0.2) is 15.0 Å². The van der Waals surface area contributed by atoms with Gasteiger partial charge in [-0.15, -0.1) is 23.2 Å². The maximum atomic E-state index is 5.82. The van der Waals surface area contributed by atoms with Crippen LogP contribution >= 0.6 is 34.8 Å². The normalized spacial score (nSPS) is 10.5. The minimum atomic E-state index is 0.229. The van der Waals surface area contributed by atoms with Gasteiger partial charge in [-0.2, -0.15) is 0 Å². The molecule has 2 rings (SSSR count). The van der Waals surface area contributed by atoms with Gasteiger partial charge in [0.25, 0.3) is 0 Å². The van der Waals surface area contributed by atoms with E-state index < -0.39 is 0 Å². The number of hydrogen-bond donors (Lipinski definition) is 0. The molecule has 88 valence electrons. The fourth-order valence-electron chi connectivity index (χ4n) is 1.32. The molecule has 0 unspecified atom stereocenters. The summed E-state index contributed by atoms with van der Waals surface area (Å²) < 4.78 is 0. The Morgan fingerprint density at radius 2 is 1.35 bits per heavy atom. The highest BCUT2D eigenvalue weighted by atomic mass is 35.5. The molecule has 0 aliphatic carbocycles. The standard InChI is InChI=1S/C11H8Cl3N3/c12-5-9-15-10(6-13)17-11(16-9)7-1-3-8(14)4-2-7/h1-4H,5-6H2. The summed E-state index contributed by atoms with van der Waals surface area (Å²) in [5.41, 5.74) is 0.856. The van der Waals surface area contributed by atoms with Crippen molar-refractivity contribution in [3.63, 3.8) is 0 Å². The molecule has 1 aromatic carbocycles. The lowest BCUT2D eigenvalue weighted by atomic mass is 10.2. The number of nitrogens with zero attached hydrogens (tertiary/aromatic N) is 3. The van der Waals surface area contributed by atoms with Crippen LogP contribution < -0.4 is 0 Å². The van der Waals surface area contributed by atoms with Crippen LogP contribution in [0, 0.1) is 0 Å². The molecule has 0 radical (unpaired) electrons. The lowest BCUT2D eigenvalue weighted by molar-refractivity contribution is 0.906. The van der Waals surface area contributed by atoms with Crippen LogP contribution in [0.2, 0.25) is 5.02 Å². The fourth-order valence-corrected chi connectivity index (χ4v) is 1.68. The van der Waals surface area contributed by atoms with Crippen LogP contribution in [0.5, 0.6) is 0 Å². The number of halogens is 3. The van der Waals surface area contributed by atoms with E-state index in [1.54, 1.807) is 12.1 Å². The molecule has 0 bridgehead atoms. The maximum absolute atomic E-state index is 5.82. The molecule has 0 N–H and O–H groups in total. The SMILES string of the molecule is ClCc1nc(CCl)nc(-c2ccc(Cl)cc2)n1. The minimum Gasteiger partial charge on any atom is -0.215 e. The summed E-state index contributed by atoms with van der Waals surface area (Å²) in [6.07, 6.45) is 0. The number of rotatable bonds is 3. The third-order valence-corrected chi connectivity index (χ3v) is 2.80. The topological polar surface area (TPSA) is 38.7 Å². The van der Waals surface area contributed by atoms with Gasteiger partial charge in [0.15, 0.2) is 5.82 Å². The molecule has 6 heteroatoms. The number of benzene rings is 1. The van der Waals surface area contributed by atoms with E-state index in [9.17, 15) is 0 Å². The summed E-state index contributed by atoms with van der Waals surface area (Å²) in [7, 11) is 0. The smallest absolute Gasteiger partial charge is 0.163 e. The Balaban J connectivity index is 2.46. The highest BCUT2D eigenvalue weighted by Gasteiger charge is 2.07. The summed E-state index contributed by atoms with van der Waals surface area (Å²) in [6.45, 7) is 0. The van der Waals surface area contributed by atoms with Crippen LogP contribution in [-0.4, -0.2) is 15.0 Å². The Bertz CT molecular complexity index is 492. The van der Waals surface area contributed by atoms with E-state index >= 15 is 0 Å². The summed E-state index contributed by atoms with van der Waals surface area (Å²) in [6, 6.07) is 7.24. The van der Waals surface area contributed by atoms with Crippen molar-refractivity contribution in [2.75, 3.05) is 0 Å². The summed E-state index contributed by atoms with van der Waals surface area (Å²) in [4.78, 5) is 12.6. The molecule has 0 fully saturated rings. The lowest BCUT2D eigenvalue weighted by Crippen LogP contribution is -2.02. The van der Waals surface area contributed by atoms with E-state index in [1.807, 2.05) is 12.1 Å². The number of hydrogen-bond acceptors (Lipinski definition) is 3. The monoisotopic (exact) mass is 287 g/mol. The summed E-state index contributed by atoms with van der Waals surface area (Å²) in [5.74, 6) is 2.05. The molecule has 1 aromatic heterocycles. The Kier molecular flexibility index (Phi) is 4.15. The van der Waals surface area contributed by atoms with Gasteiger partial charge in [-0.1, -0.05) is 11.6 Å². The molecule has 2 aromatic rings. The van der Waals surface area contributed by atoms with Gasteiger partial charge in [-0.05, 0) is 24.3 Å². The van der Waals surface area contributed by atoms with Gasteiger partial charge >= 0.3 is 0 Å². The summed E-state index contributed by atoms with van der Waals surface area (Å²) in [5, 5.41) is 0.665. The van der Waals surface area contributed by atoms with E-state index in [-0.39, 0.29) is 11.8 Å². The second-order valence-electron chi connectivity index (χ2n) is 3.27. The molecule has 0 saturated carbocycles. The highest BCUT2D eigenvalue weighted by molar-refractivity contribution is 6.30. The second-order valence-corrected chi connectivity index (χ2v) is 4.24. The molecule has 17 heavy (non-hydrogen) atoms. The first-order valence-electron chi connectivity index (χ1n) is 4.84. The van der Waals surface area contributed by atoms with Crippen LogP contribution in [0.3, 0.4) is 0 Å². The number of aromatic nitrogens is 3. The minimum absolute atomic E-state index is 0.229. The molecule has 0 aliphatic rings. The molecule has 0 saturated heterocycles. The van der Waals surface area contributed by atoms with Gasteiger partial charge in [0, 0.05) is 10.6 Å². The Morgan fingerprint density at radius 1 is 0.824 bits per heavy atom. The zero-order chi connectivity index (χ0) is 12.3. The lowest BCUT2D eigenvalue weighted by Gasteiger charge is -2.04. The van der Waals surface area contributed by atoms with E-state index in [0.29, 0.717) is 22.5 Å². The van der Waals surface area contributed by atoms with Crippen molar-refractivity contribution in [3.05, 3.63) is 40.9 Å². The molecule has 0 spiro atoms. The van der Waals surface area contributed by atoms with E-state index in [1.165, 1.54) is 0 Å². The van der Waals surface area contributed by atoms with Crippen LogP contribution in [-0.2, 0) is 11.8 Å². The molecule has 3 nitrogen and oxygen atoms in total. The predicted octanol–water partition coefficient (Wildman–Crippen LogP) is 3.67. The third-order valence-electron chi connectivity index (χ3n) is 2.07. The molecular formula is C11H8Cl3N3. The quantitative estimate of drug-likeness (QED) is 0.809. The molecular weight excluding hydrogens is 281 g/mol. The van der Waals surface area contributed by atoms with Crippen LogP contribution in [0.1, 0.15) is 11.6 Å². The van der Waals surface area contributed by atoms with Gasteiger partial charge < -0.3 is 0 Å². The highest BCUT2D eigenvalue weighted by Crippen LogP contribution is 2.18.